The first kappa shape index (κ1) is 25.9. The van der Waals surface area contributed by atoms with Gasteiger partial charge in [-0.1, -0.05) is 49.2 Å². The smallest absolute Gasteiger partial charge is 0.295 e. The van der Waals surface area contributed by atoms with Crippen LogP contribution in [-0.4, -0.2) is 67.0 Å². The van der Waals surface area contributed by atoms with Gasteiger partial charge in [-0.2, -0.15) is 0 Å². The largest absolute Gasteiger partial charge is 0.507 e. The number of Topliss-reactive ketones (excluding diaryl/α,β-unsaturated/α-hetero) is 1. The van der Waals surface area contributed by atoms with Gasteiger partial charge in [0.15, 0.2) is 0 Å². The van der Waals surface area contributed by atoms with Gasteiger partial charge in [0.1, 0.15) is 17.3 Å². The number of methoxy groups -OCH3 is 2. The molecule has 0 aliphatic carbocycles. The van der Waals surface area contributed by atoms with Crippen molar-refractivity contribution >= 4 is 40.7 Å². The molecule has 7 nitrogen and oxygen atoms in total. The third-order valence-corrected chi connectivity index (χ3v) is 6.47. The van der Waals surface area contributed by atoms with Gasteiger partial charge in [-0.05, 0) is 42.9 Å². The topological polar surface area (TPSA) is 79.3 Å². The maximum Gasteiger partial charge on any atom is 0.295 e. The Morgan fingerprint density at radius 1 is 1.09 bits per heavy atom. The van der Waals surface area contributed by atoms with Crippen LogP contribution in [0.3, 0.4) is 0 Å². The SMILES string of the molecule is CCN(CC)CCN1C(=O)C(=O)/C(=C(/O)c2cc(Cl)cc(Cl)c2OC)C1c1cccc(OC)c1. The summed E-state index contributed by atoms with van der Waals surface area (Å²) in [6, 6.07) is 9.18. The van der Waals surface area contributed by atoms with Crippen molar-refractivity contribution in [1.82, 2.24) is 9.80 Å². The molecule has 1 aliphatic rings. The summed E-state index contributed by atoms with van der Waals surface area (Å²) in [6.45, 7) is 6.56. The number of carbonyl (C=O) groups is 2. The Bertz CT molecular complexity index is 1110. The normalized spacial score (nSPS) is 17.5. The van der Waals surface area contributed by atoms with Crippen LogP contribution in [0.25, 0.3) is 5.76 Å². The summed E-state index contributed by atoms with van der Waals surface area (Å²) in [7, 11) is 2.93. The van der Waals surface area contributed by atoms with Crippen LogP contribution in [0.15, 0.2) is 42.0 Å². The number of halogens is 2. The minimum atomic E-state index is -0.826. The maximum absolute atomic E-state index is 13.3. The highest BCUT2D eigenvalue weighted by atomic mass is 35.5. The lowest BCUT2D eigenvalue weighted by atomic mass is 9.94. The summed E-state index contributed by atoms with van der Waals surface area (Å²) >= 11 is 12.4. The molecule has 2 aromatic rings. The molecule has 1 atom stereocenters. The lowest BCUT2D eigenvalue weighted by molar-refractivity contribution is -0.140. The molecule has 3 rings (SSSR count). The Kier molecular flexibility index (Phi) is 8.47. The van der Waals surface area contributed by atoms with Crippen molar-refractivity contribution in [3.8, 4) is 11.5 Å². The zero-order valence-electron chi connectivity index (χ0n) is 19.6. The number of hydrogen-bond donors (Lipinski definition) is 1. The standard InChI is InChI=1S/C25H28Cl2N2O5/c1-5-28(6-2)10-11-29-21(15-8-7-9-17(12-15)33-3)20(23(31)25(29)32)22(30)18-13-16(26)14-19(27)24(18)34-4/h7-9,12-14,21,30H,5-6,10-11H2,1-4H3/b22-20+. The number of aliphatic hydroxyl groups is 1. The highest BCUT2D eigenvalue weighted by molar-refractivity contribution is 6.46. The van der Waals surface area contributed by atoms with Crippen LogP contribution < -0.4 is 9.47 Å². The summed E-state index contributed by atoms with van der Waals surface area (Å²) < 4.78 is 10.7. The van der Waals surface area contributed by atoms with Crippen LogP contribution >= 0.6 is 23.2 Å². The monoisotopic (exact) mass is 506 g/mol. The molecule has 1 amide bonds. The van der Waals surface area contributed by atoms with E-state index in [1.54, 1.807) is 24.3 Å². The summed E-state index contributed by atoms with van der Waals surface area (Å²) in [5.74, 6) is -1.16. The Balaban J connectivity index is 2.21. The van der Waals surface area contributed by atoms with Crippen molar-refractivity contribution in [2.75, 3.05) is 40.4 Å². The summed E-state index contributed by atoms with van der Waals surface area (Å²) in [4.78, 5) is 30.1. The molecule has 1 fully saturated rings. The molecule has 1 heterocycles. The molecule has 182 valence electrons. The van der Waals surface area contributed by atoms with Gasteiger partial charge in [0, 0.05) is 18.1 Å². The molecule has 9 heteroatoms. The van der Waals surface area contributed by atoms with Gasteiger partial charge >= 0.3 is 0 Å². The first-order valence-corrected chi connectivity index (χ1v) is 11.7. The number of likely N-dealkylation sites (tertiary alicyclic amines) is 1. The van der Waals surface area contributed by atoms with E-state index in [1.165, 1.54) is 31.3 Å². The molecule has 1 N–H and O–H groups in total. The van der Waals surface area contributed by atoms with Crippen molar-refractivity contribution in [1.29, 1.82) is 0 Å². The zero-order chi connectivity index (χ0) is 25.0. The van der Waals surface area contributed by atoms with Crippen molar-refractivity contribution < 1.29 is 24.2 Å². The third kappa shape index (κ3) is 5.02. The Morgan fingerprint density at radius 3 is 2.41 bits per heavy atom. The van der Waals surface area contributed by atoms with Gasteiger partial charge in [-0.3, -0.25) is 9.59 Å². The Morgan fingerprint density at radius 2 is 1.79 bits per heavy atom. The zero-order valence-corrected chi connectivity index (χ0v) is 21.1. The summed E-state index contributed by atoms with van der Waals surface area (Å²) in [5.41, 5.74) is 0.704. The minimum Gasteiger partial charge on any atom is -0.507 e. The van der Waals surface area contributed by atoms with Gasteiger partial charge in [0.2, 0.25) is 0 Å². The number of benzene rings is 2. The van der Waals surface area contributed by atoms with Gasteiger partial charge in [0.25, 0.3) is 11.7 Å². The third-order valence-electron chi connectivity index (χ3n) is 5.97. The first-order chi connectivity index (χ1) is 16.3. The summed E-state index contributed by atoms with van der Waals surface area (Å²) in [5, 5.41) is 11.8. The van der Waals surface area contributed by atoms with E-state index in [-0.39, 0.29) is 26.9 Å². The van der Waals surface area contributed by atoms with Crippen LogP contribution in [0.4, 0.5) is 0 Å². The quantitative estimate of drug-likeness (QED) is 0.299. The van der Waals surface area contributed by atoms with Crippen LogP contribution in [0.1, 0.15) is 31.0 Å². The van der Waals surface area contributed by atoms with Gasteiger partial charge in [-0.25, -0.2) is 0 Å². The molecule has 0 aromatic heterocycles. The minimum absolute atomic E-state index is 0.0607. The fourth-order valence-corrected chi connectivity index (χ4v) is 4.72. The number of aliphatic hydroxyl groups excluding tert-OH is 1. The maximum atomic E-state index is 13.3. The lowest BCUT2D eigenvalue weighted by Crippen LogP contribution is -2.38. The molecule has 1 aliphatic heterocycles. The molecule has 0 radical (unpaired) electrons. The second-order valence-electron chi connectivity index (χ2n) is 7.76. The van der Waals surface area contributed by atoms with Crippen molar-refractivity contribution in [2.24, 2.45) is 0 Å². The number of nitrogens with zero attached hydrogens (tertiary/aromatic N) is 2. The van der Waals surface area contributed by atoms with E-state index in [1.807, 2.05) is 13.8 Å². The molecule has 34 heavy (non-hydrogen) atoms. The molecule has 0 saturated carbocycles. The van der Waals surface area contributed by atoms with E-state index in [0.717, 1.165) is 13.1 Å². The average Bonchev–Trinajstić information content (AvgIpc) is 3.08. The molecule has 1 saturated heterocycles. The van der Waals surface area contributed by atoms with E-state index < -0.39 is 23.5 Å². The Labute approximate surface area is 209 Å². The number of ether oxygens (including phenoxy) is 2. The number of hydrogen-bond acceptors (Lipinski definition) is 6. The van der Waals surface area contributed by atoms with Crippen molar-refractivity contribution in [2.45, 2.75) is 19.9 Å². The Hall–Kier alpha value is -2.74. The predicted octanol–water partition coefficient (Wildman–Crippen LogP) is 4.77. The molecular weight excluding hydrogens is 479 g/mol. The van der Waals surface area contributed by atoms with Crippen LogP contribution in [0.2, 0.25) is 10.0 Å². The van der Waals surface area contributed by atoms with E-state index in [9.17, 15) is 14.7 Å². The second-order valence-corrected chi connectivity index (χ2v) is 8.61. The van der Waals surface area contributed by atoms with Crippen molar-refractivity contribution in [3.05, 3.63) is 63.1 Å². The highest BCUT2D eigenvalue weighted by Gasteiger charge is 2.46. The highest BCUT2D eigenvalue weighted by Crippen LogP contribution is 2.43. The number of carbonyl (C=O) groups excluding carboxylic acids is 2. The number of ketones is 1. The number of rotatable bonds is 9. The van der Waals surface area contributed by atoms with Crippen LogP contribution in [-0.2, 0) is 9.59 Å². The molecule has 1 unspecified atom stereocenters. The second kappa shape index (κ2) is 11.1. The predicted molar refractivity (Wildman–Crippen MR) is 133 cm³/mol. The van der Waals surface area contributed by atoms with Crippen molar-refractivity contribution in [3.63, 3.8) is 0 Å². The molecular formula is C25H28Cl2N2O5. The van der Waals surface area contributed by atoms with E-state index in [4.69, 9.17) is 32.7 Å². The lowest BCUT2D eigenvalue weighted by Gasteiger charge is -2.28. The van der Waals surface area contributed by atoms with Crippen LogP contribution in [0, 0.1) is 0 Å². The molecule has 0 spiro atoms. The van der Waals surface area contributed by atoms with E-state index in [0.29, 0.717) is 24.4 Å². The average molecular weight is 507 g/mol. The molecule has 2 aromatic carbocycles. The fourth-order valence-electron chi connectivity index (χ4n) is 4.15. The number of likely N-dealkylation sites (N-methyl/N-ethyl adjacent to an activating group) is 1. The first-order valence-electron chi connectivity index (χ1n) is 10.9. The van der Waals surface area contributed by atoms with Gasteiger partial charge in [0.05, 0.1) is 36.4 Å². The van der Waals surface area contributed by atoms with E-state index in [2.05, 4.69) is 4.90 Å². The van der Waals surface area contributed by atoms with Gasteiger partial charge in [-0.15, -0.1) is 0 Å². The molecule has 0 bridgehead atoms. The fraction of sp³-hybridized carbons (Fsp3) is 0.360. The summed E-state index contributed by atoms with van der Waals surface area (Å²) in [6.07, 6.45) is 0. The van der Waals surface area contributed by atoms with Gasteiger partial charge < -0.3 is 24.4 Å². The van der Waals surface area contributed by atoms with Crippen LogP contribution in [0.5, 0.6) is 11.5 Å². The van der Waals surface area contributed by atoms with E-state index >= 15 is 0 Å². The number of amides is 1.